The lowest BCUT2D eigenvalue weighted by Crippen LogP contribution is -2.59. The van der Waals surface area contributed by atoms with Crippen LogP contribution in [0.3, 0.4) is 0 Å². The number of nitrogens with zero attached hydrogens (tertiary/aromatic N) is 1. The van der Waals surface area contributed by atoms with Crippen molar-refractivity contribution in [2.45, 2.75) is 57.2 Å². The number of carbonyl (C=O) groups is 1. The molecule has 2 aliphatic rings. The Bertz CT molecular complexity index is 840. The zero-order valence-electron chi connectivity index (χ0n) is 16.2. The number of rotatable bonds is 3. The van der Waals surface area contributed by atoms with E-state index < -0.39 is 0 Å². The number of nitrogens with one attached hydrogen (secondary N) is 2. The minimum atomic E-state index is 0.0326. The smallest absolute Gasteiger partial charge is 0.251 e. The molecule has 2 heterocycles. The average Bonchev–Trinajstić information content (AvgIpc) is 2.68. The van der Waals surface area contributed by atoms with Crippen LogP contribution in [0.15, 0.2) is 54.6 Å². The van der Waals surface area contributed by atoms with E-state index in [0.29, 0.717) is 12.1 Å². The molecule has 0 saturated carbocycles. The lowest BCUT2D eigenvalue weighted by Gasteiger charge is -2.50. The van der Waals surface area contributed by atoms with Gasteiger partial charge in [0, 0.05) is 29.4 Å². The third kappa shape index (κ3) is 4.20. The van der Waals surface area contributed by atoms with Crippen LogP contribution in [0.5, 0.6) is 0 Å². The van der Waals surface area contributed by atoms with Crippen molar-refractivity contribution in [3.63, 3.8) is 0 Å². The summed E-state index contributed by atoms with van der Waals surface area (Å²) in [5, 5.41) is 7.48. The molecule has 28 heavy (non-hydrogen) atoms. The number of para-hydroxylation sites is 1. The Hall–Kier alpha value is -2.40. The van der Waals surface area contributed by atoms with Crippen molar-refractivity contribution in [3.8, 4) is 0 Å². The van der Waals surface area contributed by atoms with Crippen LogP contribution < -0.4 is 10.6 Å². The van der Waals surface area contributed by atoms with E-state index in [1.165, 1.54) is 6.42 Å². The molecule has 0 aliphatic carbocycles. The molecule has 2 aromatic rings. The second-order valence-electron chi connectivity index (χ2n) is 7.95. The first-order valence-electron chi connectivity index (χ1n) is 10.1. The second-order valence-corrected chi connectivity index (χ2v) is 8.34. The summed E-state index contributed by atoms with van der Waals surface area (Å²) >= 11 is 5.76. The van der Waals surface area contributed by atoms with Gasteiger partial charge in [-0.25, -0.2) is 0 Å². The fraction of sp³-hybridized carbons (Fsp3) is 0.391. The molecule has 4 nitrogen and oxygen atoms in total. The molecule has 2 aliphatic heterocycles. The summed E-state index contributed by atoms with van der Waals surface area (Å²) in [5.74, 6) is 0.0326. The van der Waals surface area contributed by atoms with Crippen molar-refractivity contribution in [2.75, 3.05) is 5.32 Å². The predicted molar refractivity (Wildman–Crippen MR) is 118 cm³/mol. The lowest BCUT2D eigenvalue weighted by molar-refractivity contribution is 0.0755. The largest absolute Gasteiger partial charge is 0.349 e. The number of thiocarbonyl (C=S) groups is 1. The molecule has 2 saturated heterocycles. The number of hydrogen-bond acceptors (Lipinski definition) is 2. The molecule has 0 aromatic heterocycles. The van der Waals surface area contributed by atoms with Gasteiger partial charge in [0.2, 0.25) is 0 Å². The van der Waals surface area contributed by atoms with E-state index in [4.69, 9.17) is 12.2 Å². The first-order valence-corrected chi connectivity index (χ1v) is 10.5. The number of benzene rings is 2. The fourth-order valence-corrected chi connectivity index (χ4v) is 5.01. The van der Waals surface area contributed by atoms with Gasteiger partial charge in [-0.15, -0.1) is 0 Å². The number of hydrogen-bond donors (Lipinski definition) is 2. The first kappa shape index (κ1) is 18.9. The van der Waals surface area contributed by atoms with Gasteiger partial charge in [-0.1, -0.05) is 35.9 Å². The van der Waals surface area contributed by atoms with Gasteiger partial charge in [0.25, 0.3) is 5.91 Å². The Balaban J connectivity index is 1.42. The lowest BCUT2D eigenvalue weighted by atomic mass is 9.82. The summed E-state index contributed by atoms with van der Waals surface area (Å²) in [6, 6.07) is 18.9. The minimum Gasteiger partial charge on any atom is -0.349 e. The zero-order valence-corrected chi connectivity index (χ0v) is 17.0. The highest BCUT2D eigenvalue weighted by Gasteiger charge is 2.40. The summed E-state index contributed by atoms with van der Waals surface area (Å²) in [6.45, 7) is 2.01. The number of aryl methyl sites for hydroxylation is 1. The Kier molecular flexibility index (Phi) is 5.62. The molecule has 0 radical (unpaired) electrons. The van der Waals surface area contributed by atoms with Crippen LogP contribution in [0, 0.1) is 6.92 Å². The maximum atomic E-state index is 12.7. The highest BCUT2D eigenvalue weighted by atomic mass is 32.1. The highest BCUT2D eigenvalue weighted by molar-refractivity contribution is 7.80. The molecule has 2 atom stereocenters. The van der Waals surface area contributed by atoms with Crippen molar-refractivity contribution >= 4 is 28.9 Å². The van der Waals surface area contributed by atoms with E-state index in [1.807, 2.05) is 61.5 Å². The van der Waals surface area contributed by atoms with Crippen molar-refractivity contribution in [3.05, 3.63) is 65.7 Å². The van der Waals surface area contributed by atoms with Gasteiger partial charge in [0.05, 0.1) is 0 Å². The summed E-state index contributed by atoms with van der Waals surface area (Å²) in [6.07, 6.45) is 5.39. The van der Waals surface area contributed by atoms with Crippen LogP contribution in [0.25, 0.3) is 0 Å². The number of anilines is 1. The Labute approximate surface area is 172 Å². The molecule has 1 amide bonds. The van der Waals surface area contributed by atoms with Gasteiger partial charge in [-0.05, 0) is 75.5 Å². The van der Waals surface area contributed by atoms with Crippen molar-refractivity contribution in [1.29, 1.82) is 0 Å². The quantitative estimate of drug-likeness (QED) is 0.753. The van der Waals surface area contributed by atoms with Crippen LogP contribution in [0.2, 0.25) is 0 Å². The Morgan fingerprint density at radius 2 is 1.75 bits per heavy atom. The first-order chi connectivity index (χ1) is 13.6. The normalized spacial score (nSPS) is 23.8. The Morgan fingerprint density at radius 1 is 1.04 bits per heavy atom. The fourth-order valence-electron chi connectivity index (χ4n) is 4.60. The Morgan fingerprint density at radius 3 is 2.43 bits per heavy atom. The summed E-state index contributed by atoms with van der Waals surface area (Å²) in [4.78, 5) is 15.1. The topological polar surface area (TPSA) is 44.4 Å². The molecule has 2 bridgehead atoms. The van der Waals surface area contributed by atoms with Gasteiger partial charge >= 0.3 is 0 Å². The minimum absolute atomic E-state index is 0.0326. The zero-order chi connectivity index (χ0) is 19.5. The molecule has 146 valence electrons. The number of piperidine rings is 2. The molecule has 2 fully saturated rings. The molecule has 2 N–H and O–H groups in total. The number of amides is 1. The van der Waals surface area contributed by atoms with Gasteiger partial charge < -0.3 is 15.5 Å². The molecule has 0 spiro atoms. The monoisotopic (exact) mass is 393 g/mol. The maximum Gasteiger partial charge on any atom is 0.251 e. The van der Waals surface area contributed by atoms with Crippen LogP contribution in [-0.2, 0) is 0 Å². The standard InChI is InChI=1S/C23H27N3OS/c1-16-7-5-8-17(13-16)22(27)24-19-14-20-11-6-12-21(15-19)26(20)23(28)25-18-9-3-2-4-10-18/h2-5,7-10,13,19-21H,6,11-12,14-15H2,1H3,(H,24,27)(H,25,28)/t20-,21-/m0/s1. The summed E-state index contributed by atoms with van der Waals surface area (Å²) in [5.41, 5.74) is 2.88. The number of fused-ring (bicyclic) bond motifs is 2. The van der Waals surface area contributed by atoms with E-state index in [-0.39, 0.29) is 11.9 Å². The summed E-state index contributed by atoms with van der Waals surface area (Å²) in [7, 11) is 0. The molecular formula is C23H27N3OS. The highest BCUT2D eigenvalue weighted by Crippen LogP contribution is 2.34. The second kappa shape index (κ2) is 8.31. The third-order valence-corrected chi connectivity index (χ3v) is 6.16. The van der Waals surface area contributed by atoms with Crippen molar-refractivity contribution in [2.24, 2.45) is 0 Å². The molecule has 4 rings (SSSR count). The van der Waals surface area contributed by atoms with Crippen LogP contribution in [-0.4, -0.2) is 34.0 Å². The maximum absolute atomic E-state index is 12.7. The summed E-state index contributed by atoms with van der Waals surface area (Å²) < 4.78 is 0. The van der Waals surface area contributed by atoms with E-state index in [0.717, 1.165) is 47.6 Å². The van der Waals surface area contributed by atoms with E-state index in [2.05, 4.69) is 15.5 Å². The van der Waals surface area contributed by atoms with Crippen molar-refractivity contribution < 1.29 is 4.79 Å². The molecule has 2 aromatic carbocycles. The van der Waals surface area contributed by atoms with Gasteiger partial charge in [0.15, 0.2) is 5.11 Å². The van der Waals surface area contributed by atoms with E-state index in [1.54, 1.807) is 0 Å². The van der Waals surface area contributed by atoms with Gasteiger partial charge in [0.1, 0.15) is 0 Å². The van der Waals surface area contributed by atoms with Crippen LogP contribution >= 0.6 is 12.2 Å². The van der Waals surface area contributed by atoms with Crippen molar-refractivity contribution in [1.82, 2.24) is 10.2 Å². The van der Waals surface area contributed by atoms with Gasteiger partial charge in [-0.3, -0.25) is 4.79 Å². The SMILES string of the molecule is Cc1cccc(C(=O)NC2C[C@@H]3CCC[C@@H](C2)N3C(=S)Nc2ccccc2)c1. The average molecular weight is 394 g/mol. The molecule has 0 unspecified atom stereocenters. The molecule has 5 heteroatoms. The third-order valence-electron chi connectivity index (χ3n) is 5.85. The van der Waals surface area contributed by atoms with E-state index >= 15 is 0 Å². The number of carbonyl (C=O) groups excluding carboxylic acids is 1. The van der Waals surface area contributed by atoms with Gasteiger partial charge in [-0.2, -0.15) is 0 Å². The van der Waals surface area contributed by atoms with Crippen LogP contribution in [0.4, 0.5) is 5.69 Å². The van der Waals surface area contributed by atoms with E-state index in [9.17, 15) is 4.79 Å². The predicted octanol–water partition coefficient (Wildman–Crippen LogP) is 4.51. The molecular weight excluding hydrogens is 366 g/mol. The van der Waals surface area contributed by atoms with Crippen LogP contribution in [0.1, 0.15) is 48.0 Å².